The van der Waals surface area contributed by atoms with Gasteiger partial charge in [-0.1, -0.05) is 24.3 Å². The number of hydrogen-bond donors (Lipinski definition) is 1. The number of benzene rings is 3. The predicted molar refractivity (Wildman–Crippen MR) is 147 cm³/mol. The van der Waals surface area contributed by atoms with Crippen LogP contribution in [-0.4, -0.2) is 55.7 Å². The van der Waals surface area contributed by atoms with E-state index in [2.05, 4.69) is 5.32 Å². The number of methoxy groups -OCH3 is 3. The van der Waals surface area contributed by atoms with E-state index in [9.17, 15) is 9.59 Å². The molecule has 1 atom stereocenters. The molecule has 3 aromatic carbocycles. The molecule has 0 saturated carbocycles. The summed E-state index contributed by atoms with van der Waals surface area (Å²) in [6, 6.07) is 21.2. The van der Waals surface area contributed by atoms with Crippen molar-refractivity contribution in [3.05, 3.63) is 78.4 Å². The van der Waals surface area contributed by atoms with E-state index in [1.807, 2.05) is 53.4 Å². The molecule has 0 spiro atoms. The Kier molecular flexibility index (Phi) is 8.25. The van der Waals surface area contributed by atoms with E-state index in [0.717, 1.165) is 5.56 Å². The molecule has 1 N–H and O–H groups in total. The van der Waals surface area contributed by atoms with Crippen molar-refractivity contribution >= 4 is 40.5 Å². The number of carbonyl (C=O) groups excluding carboxylic acids is 2. The lowest BCUT2D eigenvalue weighted by molar-refractivity contribution is -0.124. The second kappa shape index (κ2) is 11.7. The molecule has 1 aliphatic heterocycles. The van der Waals surface area contributed by atoms with Gasteiger partial charge in [0.2, 0.25) is 5.91 Å². The molecular formula is C28H29N3O5S. The minimum atomic E-state index is -0.730. The van der Waals surface area contributed by atoms with Gasteiger partial charge in [-0.25, -0.2) is 0 Å². The van der Waals surface area contributed by atoms with Gasteiger partial charge in [-0.2, -0.15) is 0 Å². The lowest BCUT2D eigenvalue weighted by atomic mass is 10.1. The van der Waals surface area contributed by atoms with Gasteiger partial charge < -0.3 is 24.4 Å². The smallest absolute Gasteiger partial charge is 0.256 e. The van der Waals surface area contributed by atoms with Gasteiger partial charge in [-0.3, -0.25) is 14.5 Å². The van der Waals surface area contributed by atoms with Crippen LogP contribution in [0.25, 0.3) is 0 Å². The highest BCUT2D eigenvalue weighted by atomic mass is 32.1. The van der Waals surface area contributed by atoms with Gasteiger partial charge in [0.25, 0.3) is 5.91 Å². The fraction of sp³-hybridized carbons (Fsp3) is 0.250. The van der Waals surface area contributed by atoms with Crippen molar-refractivity contribution in [2.75, 3.05) is 38.1 Å². The number of rotatable bonds is 10. The summed E-state index contributed by atoms with van der Waals surface area (Å²) in [5.74, 6) is 1.45. The number of para-hydroxylation sites is 1. The zero-order valence-corrected chi connectivity index (χ0v) is 21.8. The SMILES string of the molecule is COc1ccc(NC(=O)C[C@H]2C(=O)N(c3ccccc3)C(=S)N2CCc2ccc(OC)c(OC)c2)cc1. The van der Waals surface area contributed by atoms with Crippen LogP contribution in [0.5, 0.6) is 17.2 Å². The summed E-state index contributed by atoms with van der Waals surface area (Å²) in [5, 5.41) is 3.24. The summed E-state index contributed by atoms with van der Waals surface area (Å²) in [6.45, 7) is 0.448. The van der Waals surface area contributed by atoms with Crippen molar-refractivity contribution in [3.63, 3.8) is 0 Å². The molecule has 0 aromatic heterocycles. The molecule has 1 saturated heterocycles. The van der Waals surface area contributed by atoms with Crippen molar-refractivity contribution in [1.29, 1.82) is 0 Å². The summed E-state index contributed by atoms with van der Waals surface area (Å²) >= 11 is 5.75. The molecule has 0 radical (unpaired) electrons. The number of thiocarbonyl (C=S) groups is 1. The Hall–Kier alpha value is -4.11. The second-order valence-corrected chi connectivity index (χ2v) is 8.79. The highest BCUT2D eigenvalue weighted by molar-refractivity contribution is 7.80. The molecule has 0 aliphatic carbocycles. The summed E-state index contributed by atoms with van der Waals surface area (Å²) in [5.41, 5.74) is 2.29. The fourth-order valence-electron chi connectivity index (χ4n) is 4.25. The monoisotopic (exact) mass is 519 g/mol. The van der Waals surface area contributed by atoms with Crippen molar-refractivity contribution in [2.24, 2.45) is 0 Å². The maximum atomic E-state index is 13.6. The molecule has 8 nitrogen and oxygen atoms in total. The minimum absolute atomic E-state index is 0.0414. The standard InChI is InChI=1S/C28H29N3O5S/c1-34-22-12-10-20(11-13-22)29-26(32)18-23-27(33)31(21-7-5-4-6-8-21)28(37)30(23)16-15-19-9-14-24(35-2)25(17-19)36-3/h4-14,17,23H,15-16,18H2,1-3H3,(H,29,32)/t23-/m0/s1. The topological polar surface area (TPSA) is 80.3 Å². The number of nitrogens with zero attached hydrogens (tertiary/aromatic N) is 2. The molecule has 0 unspecified atom stereocenters. The Morgan fingerprint density at radius 3 is 2.27 bits per heavy atom. The fourth-order valence-corrected chi connectivity index (χ4v) is 4.66. The van der Waals surface area contributed by atoms with Crippen molar-refractivity contribution in [2.45, 2.75) is 18.9 Å². The van der Waals surface area contributed by atoms with Crippen LogP contribution in [0, 0.1) is 0 Å². The molecule has 192 valence electrons. The number of ether oxygens (including phenoxy) is 3. The van der Waals surface area contributed by atoms with Crippen LogP contribution < -0.4 is 24.4 Å². The quantitative estimate of drug-likeness (QED) is 0.401. The summed E-state index contributed by atoms with van der Waals surface area (Å²) in [7, 11) is 4.76. The van der Waals surface area contributed by atoms with Gasteiger partial charge in [-0.15, -0.1) is 0 Å². The van der Waals surface area contributed by atoms with Gasteiger partial charge in [-0.05, 0) is 72.7 Å². The largest absolute Gasteiger partial charge is 0.497 e. The summed E-state index contributed by atoms with van der Waals surface area (Å²) in [6.07, 6.45) is 0.549. The van der Waals surface area contributed by atoms with Crippen molar-refractivity contribution in [1.82, 2.24) is 4.90 Å². The maximum Gasteiger partial charge on any atom is 0.256 e. The molecule has 2 amide bonds. The van der Waals surface area contributed by atoms with Crippen LogP contribution in [0.4, 0.5) is 11.4 Å². The Morgan fingerprint density at radius 2 is 1.62 bits per heavy atom. The van der Waals surface area contributed by atoms with E-state index in [4.69, 9.17) is 26.4 Å². The first kappa shape index (κ1) is 26.0. The number of carbonyl (C=O) groups is 2. The molecule has 1 aliphatic rings. The molecular weight excluding hydrogens is 490 g/mol. The third-order valence-electron chi connectivity index (χ3n) is 6.17. The van der Waals surface area contributed by atoms with Gasteiger partial charge in [0, 0.05) is 12.2 Å². The normalized spacial score (nSPS) is 15.1. The van der Waals surface area contributed by atoms with Crippen molar-refractivity contribution < 1.29 is 23.8 Å². The molecule has 9 heteroatoms. The first-order valence-electron chi connectivity index (χ1n) is 11.8. The summed E-state index contributed by atoms with van der Waals surface area (Å²) in [4.78, 5) is 29.9. The average Bonchev–Trinajstić information content (AvgIpc) is 3.16. The molecule has 0 bridgehead atoms. The predicted octanol–water partition coefficient (Wildman–Crippen LogP) is 4.29. The van der Waals surface area contributed by atoms with Gasteiger partial charge >= 0.3 is 0 Å². The zero-order chi connectivity index (χ0) is 26.4. The average molecular weight is 520 g/mol. The van der Waals surface area contributed by atoms with Gasteiger partial charge in [0.05, 0.1) is 33.4 Å². The molecule has 4 rings (SSSR count). The van der Waals surface area contributed by atoms with Crippen LogP contribution in [0.2, 0.25) is 0 Å². The molecule has 1 fully saturated rings. The molecule has 1 heterocycles. The second-order valence-electron chi connectivity index (χ2n) is 8.42. The maximum absolute atomic E-state index is 13.6. The highest BCUT2D eigenvalue weighted by Gasteiger charge is 2.43. The van der Waals surface area contributed by atoms with Crippen LogP contribution in [0.3, 0.4) is 0 Å². The van der Waals surface area contributed by atoms with Gasteiger partial charge in [0.15, 0.2) is 16.6 Å². The Bertz CT molecular complexity index is 1270. The Morgan fingerprint density at radius 1 is 0.919 bits per heavy atom. The number of hydrogen-bond acceptors (Lipinski definition) is 6. The third kappa shape index (κ3) is 5.83. The lowest BCUT2D eigenvalue weighted by Crippen LogP contribution is -2.39. The van der Waals surface area contributed by atoms with E-state index in [-0.39, 0.29) is 18.2 Å². The molecule has 37 heavy (non-hydrogen) atoms. The number of anilines is 2. The van der Waals surface area contributed by atoms with Crippen molar-refractivity contribution in [3.8, 4) is 17.2 Å². The highest BCUT2D eigenvalue weighted by Crippen LogP contribution is 2.30. The van der Waals surface area contributed by atoms with Crippen LogP contribution in [0.15, 0.2) is 72.8 Å². The van der Waals surface area contributed by atoms with Crippen LogP contribution in [0.1, 0.15) is 12.0 Å². The first-order valence-corrected chi connectivity index (χ1v) is 12.2. The number of amides is 2. The van der Waals surface area contributed by atoms with E-state index >= 15 is 0 Å². The molecule has 3 aromatic rings. The van der Waals surface area contributed by atoms with Gasteiger partial charge in [0.1, 0.15) is 11.8 Å². The minimum Gasteiger partial charge on any atom is -0.497 e. The zero-order valence-electron chi connectivity index (χ0n) is 21.0. The Balaban J connectivity index is 1.54. The first-order chi connectivity index (χ1) is 17.9. The van der Waals surface area contributed by atoms with Crippen LogP contribution in [-0.2, 0) is 16.0 Å². The lowest BCUT2D eigenvalue weighted by Gasteiger charge is -2.24. The summed E-state index contributed by atoms with van der Waals surface area (Å²) < 4.78 is 15.9. The van der Waals surface area contributed by atoms with E-state index in [1.165, 1.54) is 4.90 Å². The van der Waals surface area contributed by atoms with E-state index in [0.29, 0.717) is 46.7 Å². The van der Waals surface area contributed by atoms with E-state index < -0.39 is 6.04 Å². The van der Waals surface area contributed by atoms with Crippen LogP contribution >= 0.6 is 12.2 Å². The third-order valence-corrected chi connectivity index (χ3v) is 6.59. The number of nitrogens with one attached hydrogen (secondary N) is 1. The van der Waals surface area contributed by atoms with E-state index in [1.54, 1.807) is 45.6 Å². The Labute approximate surface area is 221 Å².